The molecule has 0 unspecified atom stereocenters. The van der Waals surface area contributed by atoms with Crippen LogP contribution in [0.15, 0.2) is 0 Å². The monoisotopic (exact) mass is 136 g/mol. The predicted octanol–water partition coefficient (Wildman–Crippen LogP) is 2.31. The van der Waals surface area contributed by atoms with E-state index in [0.29, 0.717) is 0 Å². The Balaban J connectivity index is 3.82. The molecule has 0 spiro atoms. The molecule has 0 radical (unpaired) electrons. The van der Waals surface area contributed by atoms with E-state index in [0.717, 1.165) is 0 Å². The van der Waals surface area contributed by atoms with Crippen molar-refractivity contribution in [2.45, 2.75) is 18.7 Å². The van der Waals surface area contributed by atoms with Crippen LogP contribution in [-0.2, 0) is 9.13 Å². The highest BCUT2D eigenvalue weighted by atomic mass is 31.1. The molecule has 0 bridgehead atoms. The highest BCUT2D eigenvalue weighted by Crippen LogP contribution is 2.32. The van der Waals surface area contributed by atoms with E-state index in [1.807, 2.05) is 0 Å². The highest BCUT2D eigenvalue weighted by molar-refractivity contribution is 7.46. The molecule has 0 aliphatic carbocycles. The molecule has 0 saturated carbocycles. The summed E-state index contributed by atoms with van der Waals surface area (Å²) in [6.07, 6.45) is 0. The Morgan fingerprint density at radius 3 is 1.43 bits per heavy atom. The SMILES string of the molecule is CC(C)(P=O)P=O. The molecule has 0 aromatic carbocycles. The fraction of sp³-hybridized carbons (Fsp3) is 1.00. The second-order valence-corrected chi connectivity index (χ2v) is 4.63. The van der Waals surface area contributed by atoms with E-state index in [2.05, 4.69) is 0 Å². The number of hydrogen-bond acceptors (Lipinski definition) is 2. The van der Waals surface area contributed by atoms with Gasteiger partial charge in [0.25, 0.3) is 0 Å². The van der Waals surface area contributed by atoms with Crippen LogP contribution in [0, 0.1) is 0 Å². The molecule has 0 saturated heterocycles. The lowest BCUT2D eigenvalue weighted by molar-refractivity contribution is 0.577. The van der Waals surface area contributed by atoms with Gasteiger partial charge in [0.05, 0.1) is 0 Å². The van der Waals surface area contributed by atoms with Crippen molar-refractivity contribution < 1.29 is 9.13 Å². The summed E-state index contributed by atoms with van der Waals surface area (Å²) >= 11 is 0. The first-order valence-corrected chi connectivity index (χ1v) is 3.44. The summed E-state index contributed by atoms with van der Waals surface area (Å²) in [5.41, 5.74) is 0. The molecule has 0 amide bonds. The summed E-state index contributed by atoms with van der Waals surface area (Å²) in [4.78, 5) is -0.583. The Morgan fingerprint density at radius 1 is 1.14 bits per heavy atom. The zero-order valence-electron chi connectivity index (χ0n) is 4.21. The average Bonchev–Trinajstić information content (AvgIpc) is 1.68. The summed E-state index contributed by atoms with van der Waals surface area (Å²) in [7, 11) is -0.138. The molecule has 7 heavy (non-hydrogen) atoms. The van der Waals surface area contributed by atoms with Crippen molar-refractivity contribution in [2.24, 2.45) is 0 Å². The smallest absolute Gasteiger partial charge is 0.174 e. The van der Waals surface area contributed by atoms with Gasteiger partial charge < -0.3 is 0 Å². The molecule has 0 aromatic heterocycles. The molecule has 0 atom stereocenters. The second kappa shape index (κ2) is 2.49. The van der Waals surface area contributed by atoms with Crippen LogP contribution in [0.2, 0.25) is 0 Å². The van der Waals surface area contributed by atoms with Gasteiger partial charge in [-0.25, -0.2) is 0 Å². The summed E-state index contributed by atoms with van der Waals surface area (Å²) in [6, 6.07) is 0. The van der Waals surface area contributed by atoms with Gasteiger partial charge in [0.2, 0.25) is 0 Å². The van der Waals surface area contributed by atoms with Crippen molar-refractivity contribution >= 4 is 16.9 Å². The van der Waals surface area contributed by atoms with Crippen molar-refractivity contribution in [3.8, 4) is 0 Å². The zero-order chi connectivity index (χ0) is 5.91. The highest BCUT2D eigenvalue weighted by Gasteiger charge is 2.16. The molecular weight excluding hydrogens is 130 g/mol. The van der Waals surface area contributed by atoms with Crippen LogP contribution in [0.1, 0.15) is 13.8 Å². The van der Waals surface area contributed by atoms with Crippen molar-refractivity contribution in [1.82, 2.24) is 0 Å². The minimum absolute atomic E-state index is 0.0691. The van der Waals surface area contributed by atoms with Crippen molar-refractivity contribution in [1.29, 1.82) is 0 Å². The molecule has 0 aromatic rings. The largest absolute Gasteiger partial charge is 0.274 e. The Bertz CT molecular complexity index is 78.9. The molecule has 4 heteroatoms. The van der Waals surface area contributed by atoms with Gasteiger partial charge in [0.1, 0.15) is 4.90 Å². The van der Waals surface area contributed by atoms with Gasteiger partial charge in [-0.2, -0.15) is 0 Å². The van der Waals surface area contributed by atoms with E-state index in [-0.39, 0.29) is 16.9 Å². The molecule has 2 nitrogen and oxygen atoms in total. The molecule has 0 fully saturated rings. The molecule has 0 aliphatic rings. The first-order chi connectivity index (χ1) is 3.12. The molecule has 0 aliphatic heterocycles. The minimum Gasteiger partial charge on any atom is -0.274 e. The molecule has 0 rings (SSSR count). The normalized spacial score (nSPS) is 12.9. The quantitative estimate of drug-likeness (QED) is 0.545. The van der Waals surface area contributed by atoms with Crippen molar-refractivity contribution in [3.63, 3.8) is 0 Å². The maximum absolute atomic E-state index is 9.95. The third-order valence-electron chi connectivity index (χ3n) is 0.447. The third-order valence-corrected chi connectivity index (χ3v) is 1.83. The topological polar surface area (TPSA) is 34.1 Å². The maximum atomic E-state index is 9.95. The van der Waals surface area contributed by atoms with Crippen molar-refractivity contribution in [2.75, 3.05) is 0 Å². The van der Waals surface area contributed by atoms with Crippen LogP contribution in [0.5, 0.6) is 0 Å². The molecular formula is C3H6O2P2. The molecule has 40 valence electrons. The number of hydrogen-bond donors (Lipinski definition) is 0. The van der Waals surface area contributed by atoms with Crippen LogP contribution < -0.4 is 0 Å². The van der Waals surface area contributed by atoms with Gasteiger partial charge in [-0.15, -0.1) is 0 Å². The Kier molecular flexibility index (Phi) is 2.56. The fourth-order valence-corrected chi connectivity index (χ4v) is 0.150. The summed E-state index contributed by atoms with van der Waals surface area (Å²) in [6.45, 7) is 3.30. The Hall–Kier alpha value is 0.200. The lowest BCUT2D eigenvalue weighted by Crippen LogP contribution is -1.95. The van der Waals surface area contributed by atoms with Crippen LogP contribution in [0.4, 0.5) is 0 Å². The van der Waals surface area contributed by atoms with Gasteiger partial charge in [-0.3, -0.25) is 9.13 Å². The van der Waals surface area contributed by atoms with E-state index in [9.17, 15) is 9.13 Å². The van der Waals surface area contributed by atoms with Gasteiger partial charge >= 0.3 is 0 Å². The van der Waals surface area contributed by atoms with E-state index in [1.165, 1.54) is 0 Å². The fourth-order valence-electron chi connectivity index (χ4n) is 0.0167. The maximum Gasteiger partial charge on any atom is 0.174 e. The van der Waals surface area contributed by atoms with E-state index in [4.69, 9.17) is 0 Å². The Labute approximate surface area is 45.7 Å². The first kappa shape index (κ1) is 7.20. The zero-order valence-corrected chi connectivity index (χ0v) is 6.00. The summed E-state index contributed by atoms with van der Waals surface area (Å²) in [5, 5.41) is 0. The van der Waals surface area contributed by atoms with Crippen LogP contribution in [0.3, 0.4) is 0 Å². The molecule has 0 heterocycles. The van der Waals surface area contributed by atoms with Crippen LogP contribution in [0.25, 0.3) is 0 Å². The van der Waals surface area contributed by atoms with E-state index in [1.54, 1.807) is 13.8 Å². The number of rotatable bonds is 2. The van der Waals surface area contributed by atoms with E-state index >= 15 is 0 Å². The van der Waals surface area contributed by atoms with Gasteiger partial charge in [0, 0.05) is 0 Å². The Morgan fingerprint density at radius 2 is 1.43 bits per heavy atom. The predicted molar refractivity (Wildman–Crippen MR) is 29.3 cm³/mol. The minimum atomic E-state index is -0.583. The average molecular weight is 136 g/mol. The lowest BCUT2D eigenvalue weighted by Gasteiger charge is -1.98. The third kappa shape index (κ3) is 2.85. The van der Waals surface area contributed by atoms with Gasteiger partial charge in [-0.1, -0.05) is 0 Å². The summed E-state index contributed by atoms with van der Waals surface area (Å²) in [5.74, 6) is 0. The van der Waals surface area contributed by atoms with Gasteiger partial charge in [0.15, 0.2) is 16.9 Å². The summed E-state index contributed by atoms with van der Waals surface area (Å²) < 4.78 is 19.9. The lowest BCUT2D eigenvalue weighted by atomic mass is 10.5. The first-order valence-electron chi connectivity index (χ1n) is 1.81. The standard InChI is InChI=1S/C3H6O2P2/c1-3(2,6-4)7-5/h1-2H3. The van der Waals surface area contributed by atoms with Crippen molar-refractivity contribution in [3.05, 3.63) is 0 Å². The second-order valence-electron chi connectivity index (χ2n) is 1.68. The van der Waals surface area contributed by atoms with Crippen LogP contribution >= 0.6 is 16.9 Å². The van der Waals surface area contributed by atoms with Gasteiger partial charge in [-0.05, 0) is 13.8 Å². The molecule has 0 N–H and O–H groups in total. The van der Waals surface area contributed by atoms with E-state index < -0.39 is 4.90 Å². The van der Waals surface area contributed by atoms with Crippen LogP contribution in [-0.4, -0.2) is 4.90 Å².